The van der Waals surface area contributed by atoms with Gasteiger partial charge in [-0.2, -0.15) is 10.5 Å². The Morgan fingerprint density at radius 3 is 2.83 bits per heavy atom. The van der Waals surface area contributed by atoms with E-state index in [1.165, 1.54) is 0 Å². The van der Waals surface area contributed by atoms with Crippen LogP contribution in [0.5, 0.6) is 0 Å². The van der Waals surface area contributed by atoms with Crippen molar-refractivity contribution in [1.82, 2.24) is 10.7 Å². The van der Waals surface area contributed by atoms with E-state index in [1.807, 2.05) is 0 Å². The largest absolute Gasteiger partial charge is 0.214 e. The van der Waals surface area contributed by atoms with Gasteiger partial charge in [-0.05, 0) is 5.22 Å². The van der Waals surface area contributed by atoms with Gasteiger partial charge in [0, 0.05) is 0 Å². The van der Waals surface area contributed by atoms with Crippen molar-refractivity contribution in [3.05, 3.63) is 0 Å². The first kappa shape index (κ1) is 3.51. The summed E-state index contributed by atoms with van der Waals surface area (Å²) in [6, 6.07) is 0. The van der Waals surface area contributed by atoms with Gasteiger partial charge in [-0.25, -0.2) is 5.84 Å². The summed E-state index contributed by atoms with van der Waals surface area (Å²) >= 11 is 0. The Hall–Kier alpha value is -0.680. The van der Waals surface area contributed by atoms with E-state index in [1.54, 1.807) is 0 Å². The summed E-state index contributed by atoms with van der Waals surface area (Å²) in [5.41, 5.74) is 2.60. The summed E-state index contributed by atoms with van der Waals surface area (Å²) in [6.07, 6.45) is 0. The topological polar surface area (TPSA) is 66.0 Å². The minimum absolute atomic E-state index is 0.497. The first-order valence-corrected chi connectivity index (χ1v) is 1.55. The molecule has 6 heavy (non-hydrogen) atoms. The number of nitrogens with two attached hydrogens (primary N) is 1. The number of hydrogen-bond donors (Lipinski definition) is 2. The van der Waals surface area contributed by atoms with Crippen LogP contribution in [-0.2, 0) is 0 Å². The van der Waals surface area contributed by atoms with E-state index in [-0.39, 0.29) is 0 Å². The maximum Gasteiger partial charge on any atom is 0.132 e. The lowest BCUT2D eigenvalue weighted by Crippen LogP contribution is -2.34. The molecule has 0 spiro atoms. The third-order valence-electron chi connectivity index (χ3n) is 0.463. The molecule has 0 aromatic rings. The zero-order chi connectivity index (χ0) is 4.41. The number of nitrogens with zero attached hydrogens (tertiary/aromatic N) is 3. The zero-order valence-electron chi connectivity index (χ0n) is 3.13. The molecule has 0 saturated carbocycles. The van der Waals surface area contributed by atoms with Gasteiger partial charge >= 0.3 is 0 Å². The molecule has 0 radical (unpaired) electrons. The minimum Gasteiger partial charge on any atom is -0.214 e. The summed E-state index contributed by atoms with van der Waals surface area (Å²) in [4.78, 5) is 0. The molecule has 1 aliphatic rings. The molecular formula is CH5N5. The second kappa shape index (κ2) is 1.19. The van der Waals surface area contributed by atoms with Gasteiger partial charge in [-0.1, -0.05) is 0 Å². The van der Waals surface area contributed by atoms with Crippen LogP contribution in [-0.4, -0.2) is 11.9 Å². The smallest absolute Gasteiger partial charge is 0.132 e. The standard InChI is InChI=1S/CH5N5/c2-6-4-1-3-5-6/h4H,1-2H2. The van der Waals surface area contributed by atoms with Crippen molar-refractivity contribution in [2.45, 2.75) is 0 Å². The third-order valence-corrected chi connectivity index (χ3v) is 0.463. The molecule has 5 heteroatoms. The second-order valence-corrected chi connectivity index (χ2v) is 0.892. The highest BCUT2D eigenvalue weighted by molar-refractivity contribution is 4.33. The van der Waals surface area contributed by atoms with Gasteiger partial charge in [0.15, 0.2) is 0 Å². The van der Waals surface area contributed by atoms with Crippen LogP contribution in [0, 0.1) is 0 Å². The van der Waals surface area contributed by atoms with Crippen molar-refractivity contribution in [3.8, 4) is 0 Å². The summed E-state index contributed by atoms with van der Waals surface area (Å²) in [7, 11) is 0. The van der Waals surface area contributed by atoms with Crippen LogP contribution in [0.3, 0.4) is 0 Å². The molecule has 0 amide bonds. The van der Waals surface area contributed by atoms with Gasteiger partial charge in [0.1, 0.15) is 6.67 Å². The van der Waals surface area contributed by atoms with Crippen LogP contribution in [0.4, 0.5) is 0 Å². The molecule has 0 unspecified atom stereocenters. The van der Waals surface area contributed by atoms with Crippen molar-refractivity contribution in [2.75, 3.05) is 6.67 Å². The second-order valence-electron chi connectivity index (χ2n) is 0.892. The Bertz CT molecular complexity index is 66.3. The number of rotatable bonds is 0. The fourth-order valence-electron chi connectivity index (χ4n) is 0.235. The molecule has 1 heterocycles. The Morgan fingerprint density at radius 1 is 1.83 bits per heavy atom. The van der Waals surface area contributed by atoms with Gasteiger partial charge < -0.3 is 0 Å². The molecule has 34 valence electrons. The van der Waals surface area contributed by atoms with E-state index in [2.05, 4.69) is 15.8 Å². The molecule has 0 bridgehead atoms. The lowest BCUT2D eigenvalue weighted by atomic mass is 11.2. The van der Waals surface area contributed by atoms with E-state index in [0.717, 1.165) is 5.23 Å². The fraction of sp³-hybridized carbons (Fsp3) is 1.00. The Kier molecular flexibility index (Phi) is 0.697. The lowest BCUT2D eigenvalue weighted by molar-refractivity contribution is 0.237. The Labute approximate surface area is 34.7 Å². The van der Waals surface area contributed by atoms with Gasteiger partial charge in [-0.3, -0.25) is 0 Å². The Balaban J connectivity index is 2.38. The number of hydrazine groups is 2. The molecule has 0 fully saturated rings. The summed E-state index contributed by atoms with van der Waals surface area (Å²) in [5.74, 6) is 5.00. The van der Waals surface area contributed by atoms with Crippen LogP contribution >= 0.6 is 0 Å². The Morgan fingerprint density at radius 2 is 2.67 bits per heavy atom. The molecule has 0 atom stereocenters. The predicted octanol–water partition coefficient (Wildman–Crippen LogP) is -0.995. The molecule has 1 aliphatic heterocycles. The highest BCUT2D eigenvalue weighted by Crippen LogP contribution is 1.81. The van der Waals surface area contributed by atoms with E-state index in [9.17, 15) is 0 Å². The maximum atomic E-state index is 5.00. The lowest BCUT2D eigenvalue weighted by Gasteiger charge is -1.98. The SMILES string of the molecule is NN1N=NCN1. The monoisotopic (exact) mass is 87.1 g/mol. The van der Waals surface area contributed by atoms with Crippen molar-refractivity contribution in [2.24, 2.45) is 16.2 Å². The maximum absolute atomic E-state index is 5.00. The first-order chi connectivity index (χ1) is 2.89. The molecule has 0 aromatic carbocycles. The highest BCUT2D eigenvalue weighted by atomic mass is 15.9. The summed E-state index contributed by atoms with van der Waals surface area (Å²) < 4.78 is 0. The molecular weight excluding hydrogens is 82.0 g/mol. The van der Waals surface area contributed by atoms with Gasteiger partial charge in [-0.15, -0.1) is 5.23 Å². The summed E-state index contributed by atoms with van der Waals surface area (Å²) in [6.45, 7) is 0.497. The van der Waals surface area contributed by atoms with Crippen molar-refractivity contribution < 1.29 is 0 Å². The van der Waals surface area contributed by atoms with Crippen molar-refractivity contribution in [1.29, 1.82) is 0 Å². The van der Waals surface area contributed by atoms with E-state index < -0.39 is 0 Å². The normalized spacial score (nSPS) is 19.8. The molecule has 0 aliphatic carbocycles. The fourth-order valence-corrected chi connectivity index (χ4v) is 0.235. The number of nitrogens with one attached hydrogen (secondary N) is 1. The van der Waals surface area contributed by atoms with E-state index >= 15 is 0 Å². The van der Waals surface area contributed by atoms with Crippen molar-refractivity contribution in [3.63, 3.8) is 0 Å². The third kappa shape index (κ3) is 0.447. The van der Waals surface area contributed by atoms with Crippen LogP contribution in [0.2, 0.25) is 0 Å². The quantitative estimate of drug-likeness (QED) is 0.372. The van der Waals surface area contributed by atoms with Crippen molar-refractivity contribution >= 4 is 0 Å². The average Bonchev–Trinajstić information content (AvgIpc) is 1.86. The molecule has 0 saturated heterocycles. The van der Waals surface area contributed by atoms with Crippen LogP contribution in [0.15, 0.2) is 10.3 Å². The molecule has 5 nitrogen and oxygen atoms in total. The van der Waals surface area contributed by atoms with E-state index in [0.29, 0.717) is 6.67 Å². The summed E-state index contributed by atoms with van der Waals surface area (Å²) in [5, 5.41) is 7.91. The highest BCUT2D eigenvalue weighted by Gasteiger charge is 1.94. The average molecular weight is 87.1 g/mol. The first-order valence-electron chi connectivity index (χ1n) is 1.55. The van der Waals surface area contributed by atoms with Gasteiger partial charge in [0.25, 0.3) is 0 Å². The van der Waals surface area contributed by atoms with Crippen LogP contribution in [0.1, 0.15) is 0 Å². The number of hydrogen-bond acceptors (Lipinski definition) is 5. The molecule has 1 rings (SSSR count). The van der Waals surface area contributed by atoms with E-state index in [4.69, 9.17) is 5.84 Å². The molecule has 0 aromatic heterocycles. The van der Waals surface area contributed by atoms with Crippen LogP contribution < -0.4 is 11.3 Å². The minimum atomic E-state index is 0.497. The van der Waals surface area contributed by atoms with Crippen LogP contribution in [0.25, 0.3) is 0 Å². The molecule has 3 N–H and O–H groups in total. The van der Waals surface area contributed by atoms with Gasteiger partial charge in [0.2, 0.25) is 0 Å². The predicted molar refractivity (Wildman–Crippen MR) is 18.9 cm³/mol. The zero-order valence-corrected chi connectivity index (χ0v) is 3.13. The van der Waals surface area contributed by atoms with Gasteiger partial charge in [0.05, 0.1) is 0 Å².